The Morgan fingerprint density at radius 2 is 2.15 bits per heavy atom. The maximum Gasteiger partial charge on any atom is 0.167 e. The third kappa shape index (κ3) is 3.83. The lowest BCUT2D eigenvalue weighted by molar-refractivity contribution is 0.293. The molecular formula is C16H15FO2S. The van der Waals surface area contributed by atoms with Crippen LogP contribution in [0.15, 0.2) is 30.3 Å². The number of thiophene rings is 1. The van der Waals surface area contributed by atoms with Crippen molar-refractivity contribution < 1.29 is 14.2 Å². The van der Waals surface area contributed by atoms with Gasteiger partial charge in [-0.2, -0.15) is 0 Å². The Morgan fingerprint density at radius 3 is 2.95 bits per heavy atom. The summed E-state index contributed by atoms with van der Waals surface area (Å²) in [6, 6.07) is 8.93. The zero-order valence-corrected chi connectivity index (χ0v) is 12.0. The number of benzene rings is 1. The molecule has 2 aromatic rings. The SMILES string of the molecule is Cc1cccc(OCc2ccc(C#CCCO)s2)c1F. The van der Waals surface area contributed by atoms with E-state index in [1.54, 1.807) is 25.1 Å². The van der Waals surface area contributed by atoms with Crippen LogP contribution in [-0.4, -0.2) is 11.7 Å². The van der Waals surface area contributed by atoms with Gasteiger partial charge in [0, 0.05) is 11.3 Å². The Hall–Kier alpha value is -1.83. The fourth-order valence-electron chi connectivity index (χ4n) is 1.61. The molecule has 1 aromatic carbocycles. The molecular weight excluding hydrogens is 275 g/mol. The lowest BCUT2D eigenvalue weighted by Gasteiger charge is -2.06. The van der Waals surface area contributed by atoms with Crippen LogP contribution in [0.1, 0.15) is 21.7 Å². The van der Waals surface area contributed by atoms with Crippen molar-refractivity contribution >= 4 is 11.3 Å². The van der Waals surface area contributed by atoms with Crippen LogP contribution in [0.3, 0.4) is 0 Å². The smallest absolute Gasteiger partial charge is 0.167 e. The number of rotatable bonds is 4. The van der Waals surface area contributed by atoms with Crippen molar-refractivity contribution in [2.24, 2.45) is 0 Å². The van der Waals surface area contributed by atoms with E-state index in [1.165, 1.54) is 11.3 Å². The van der Waals surface area contributed by atoms with Crippen molar-refractivity contribution in [3.05, 3.63) is 51.5 Å². The zero-order chi connectivity index (χ0) is 14.4. The minimum absolute atomic E-state index is 0.0704. The summed E-state index contributed by atoms with van der Waals surface area (Å²) in [5.74, 6) is 5.78. The lowest BCUT2D eigenvalue weighted by atomic mass is 10.2. The van der Waals surface area contributed by atoms with E-state index >= 15 is 0 Å². The van der Waals surface area contributed by atoms with E-state index in [0.717, 1.165) is 9.75 Å². The Labute approximate surface area is 121 Å². The molecule has 0 saturated heterocycles. The number of halogens is 1. The van der Waals surface area contributed by atoms with Gasteiger partial charge >= 0.3 is 0 Å². The van der Waals surface area contributed by atoms with Gasteiger partial charge in [0.05, 0.1) is 11.5 Å². The monoisotopic (exact) mass is 290 g/mol. The van der Waals surface area contributed by atoms with Gasteiger partial charge in [-0.1, -0.05) is 24.0 Å². The topological polar surface area (TPSA) is 29.5 Å². The van der Waals surface area contributed by atoms with Gasteiger partial charge in [-0.25, -0.2) is 4.39 Å². The van der Waals surface area contributed by atoms with E-state index in [4.69, 9.17) is 9.84 Å². The van der Waals surface area contributed by atoms with E-state index in [1.807, 2.05) is 12.1 Å². The molecule has 1 heterocycles. The van der Waals surface area contributed by atoms with Crippen LogP contribution in [0.25, 0.3) is 0 Å². The molecule has 0 aliphatic rings. The van der Waals surface area contributed by atoms with Gasteiger partial charge < -0.3 is 9.84 Å². The molecule has 0 unspecified atom stereocenters. The highest BCUT2D eigenvalue weighted by Gasteiger charge is 2.06. The molecule has 0 saturated carbocycles. The standard InChI is InChI=1S/C16H15FO2S/c1-12-5-4-7-15(16(12)17)19-11-14-9-8-13(20-14)6-2-3-10-18/h4-5,7-9,18H,3,10-11H2,1H3. The molecule has 1 N–H and O–H groups in total. The van der Waals surface area contributed by atoms with Crippen LogP contribution < -0.4 is 4.74 Å². The van der Waals surface area contributed by atoms with Gasteiger partial charge in [0.25, 0.3) is 0 Å². The average molecular weight is 290 g/mol. The highest BCUT2D eigenvalue weighted by atomic mass is 32.1. The van der Waals surface area contributed by atoms with Gasteiger partial charge in [-0.3, -0.25) is 0 Å². The number of aliphatic hydroxyl groups is 1. The van der Waals surface area contributed by atoms with Crippen LogP contribution in [0.2, 0.25) is 0 Å². The van der Waals surface area contributed by atoms with Crippen LogP contribution in [0.4, 0.5) is 4.39 Å². The molecule has 0 aliphatic heterocycles. The quantitative estimate of drug-likeness (QED) is 0.873. The van der Waals surface area contributed by atoms with Crippen molar-refractivity contribution in [2.75, 3.05) is 6.61 Å². The van der Waals surface area contributed by atoms with Gasteiger partial charge in [0.2, 0.25) is 0 Å². The predicted molar refractivity (Wildman–Crippen MR) is 78.4 cm³/mol. The molecule has 0 atom stereocenters. The second kappa shape index (κ2) is 7.09. The second-order valence-corrected chi connectivity index (χ2v) is 5.39. The van der Waals surface area contributed by atoms with E-state index in [0.29, 0.717) is 18.6 Å². The first kappa shape index (κ1) is 14.6. The number of ether oxygens (including phenoxy) is 1. The molecule has 0 bridgehead atoms. The van der Waals surface area contributed by atoms with Crippen molar-refractivity contribution in [3.8, 4) is 17.6 Å². The van der Waals surface area contributed by atoms with Gasteiger partial charge in [0.1, 0.15) is 6.61 Å². The summed E-state index contributed by atoms with van der Waals surface area (Å²) >= 11 is 1.51. The summed E-state index contributed by atoms with van der Waals surface area (Å²) in [5, 5.41) is 8.65. The zero-order valence-electron chi connectivity index (χ0n) is 11.1. The molecule has 2 nitrogen and oxygen atoms in total. The summed E-state index contributed by atoms with van der Waals surface area (Å²) in [6.07, 6.45) is 0.470. The molecule has 104 valence electrons. The third-order valence-corrected chi connectivity index (χ3v) is 3.61. The maximum absolute atomic E-state index is 13.7. The van der Waals surface area contributed by atoms with Crippen molar-refractivity contribution in [3.63, 3.8) is 0 Å². The Bertz CT molecular complexity index is 637. The Kier molecular flexibility index (Phi) is 5.16. The Balaban J connectivity index is 1.98. The third-order valence-electron chi connectivity index (χ3n) is 2.64. The van der Waals surface area contributed by atoms with Crippen molar-refractivity contribution in [1.29, 1.82) is 0 Å². The number of aliphatic hydroxyl groups excluding tert-OH is 1. The number of aryl methyl sites for hydroxylation is 1. The van der Waals surface area contributed by atoms with Crippen LogP contribution in [0, 0.1) is 24.6 Å². The highest BCUT2D eigenvalue weighted by Crippen LogP contribution is 2.22. The van der Waals surface area contributed by atoms with Gasteiger partial charge in [-0.05, 0) is 30.7 Å². The van der Waals surface area contributed by atoms with Crippen molar-refractivity contribution in [2.45, 2.75) is 20.0 Å². The number of hydrogen-bond acceptors (Lipinski definition) is 3. The van der Waals surface area contributed by atoms with Crippen LogP contribution in [0.5, 0.6) is 5.75 Å². The first-order chi connectivity index (χ1) is 9.70. The minimum Gasteiger partial charge on any atom is -0.485 e. The van der Waals surface area contributed by atoms with Crippen LogP contribution in [-0.2, 0) is 6.61 Å². The summed E-state index contributed by atoms with van der Waals surface area (Å²) in [5.41, 5.74) is 0.573. The van der Waals surface area contributed by atoms with E-state index in [9.17, 15) is 4.39 Å². The first-order valence-electron chi connectivity index (χ1n) is 6.27. The normalized spacial score (nSPS) is 9.95. The molecule has 0 spiro atoms. The minimum atomic E-state index is -0.313. The molecule has 1 aromatic heterocycles. The molecule has 0 amide bonds. The van der Waals surface area contributed by atoms with Gasteiger partial charge in [-0.15, -0.1) is 11.3 Å². The van der Waals surface area contributed by atoms with Gasteiger partial charge in [0.15, 0.2) is 11.6 Å². The largest absolute Gasteiger partial charge is 0.485 e. The fourth-order valence-corrected chi connectivity index (χ4v) is 2.40. The summed E-state index contributed by atoms with van der Waals surface area (Å²) in [4.78, 5) is 1.90. The first-order valence-corrected chi connectivity index (χ1v) is 7.08. The molecule has 20 heavy (non-hydrogen) atoms. The fraction of sp³-hybridized carbons (Fsp3) is 0.250. The summed E-state index contributed by atoms with van der Waals surface area (Å²) in [6.45, 7) is 2.11. The van der Waals surface area contributed by atoms with E-state index < -0.39 is 0 Å². The van der Waals surface area contributed by atoms with Crippen LogP contribution >= 0.6 is 11.3 Å². The summed E-state index contributed by atoms with van der Waals surface area (Å²) < 4.78 is 19.2. The maximum atomic E-state index is 13.7. The van der Waals surface area contributed by atoms with E-state index in [-0.39, 0.29) is 18.2 Å². The summed E-state index contributed by atoms with van der Waals surface area (Å²) in [7, 11) is 0. The Morgan fingerprint density at radius 1 is 1.30 bits per heavy atom. The molecule has 0 radical (unpaired) electrons. The molecule has 4 heteroatoms. The lowest BCUT2D eigenvalue weighted by Crippen LogP contribution is -1.96. The number of hydrogen-bond donors (Lipinski definition) is 1. The molecule has 2 rings (SSSR count). The second-order valence-electron chi connectivity index (χ2n) is 4.22. The molecule has 0 fully saturated rings. The van der Waals surface area contributed by atoms with E-state index in [2.05, 4.69) is 11.8 Å². The highest BCUT2D eigenvalue weighted by molar-refractivity contribution is 7.12. The van der Waals surface area contributed by atoms with Crippen molar-refractivity contribution in [1.82, 2.24) is 0 Å². The molecule has 0 aliphatic carbocycles. The average Bonchev–Trinajstić information content (AvgIpc) is 2.89. The predicted octanol–water partition coefficient (Wildman–Crippen LogP) is 3.51.